The predicted molar refractivity (Wildman–Crippen MR) is 36.6 cm³/mol. The Balaban J connectivity index is 2.37. The van der Waals surface area contributed by atoms with Gasteiger partial charge in [-0.3, -0.25) is 0 Å². The van der Waals surface area contributed by atoms with Crippen LogP contribution in [0.5, 0.6) is 0 Å². The van der Waals surface area contributed by atoms with Gasteiger partial charge >= 0.3 is 0 Å². The molecule has 0 aliphatic carbocycles. The van der Waals surface area contributed by atoms with Gasteiger partial charge in [-0.1, -0.05) is 0 Å². The van der Waals surface area contributed by atoms with E-state index in [1.54, 1.807) is 0 Å². The molecule has 0 spiro atoms. The molecule has 0 radical (unpaired) electrons. The van der Waals surface area contributed by atoms with Crippen LogP contribution in [0, 0.1) is 0 Å². The summed E-state index contributed by atoms with van der Waals surface area (Å²) in [5.74, 6) is 0. The van der Waals surface area contributed by atoms with Gasteiger partial charge in [0.2, 0.25) is 6.43 Å². The third kappa shape index (κ3) is 2.69. The van der Waals surface area contributed by atoms with Gasteiger partial charge in [0.05, 0.1) is 0 Å². The van der Waals surface area contributed by atoms with Gasteiger partial charge in [0.1, 0.15) is 5.67 Å². The fourth-order valence-electron chi connectivity index (χ4n) is 1.38. The summed E-state index contributed by atoms with van der Waals surface area (Å²) in [5.41, 5.74) is -1.66. The number of hydrogen-bond acceptors (Lipinski definition) is 1. The van der Waals surface area contributed by atoms with Crippen molar-refractivity contribution < 1.29 is 13.2 Å². The van der Waals surface area contributed by atoms with E-state index in [1.165, 1.54) is 0 Å². The van der Waals surface area contributed by atoms with Crippen LogP contribution in [-0.2, 0) is 0 Å². The van der Waals surface area contributed by atoms with E-state index in [2.05, 4.69) is 5.32 Å². The van der Waals surface area contributed by atoms with E-state index >= 15 is 0 Å². The lowest BCUT2D eigenvalue weighted by atomic mass is 9.93. The molecular formula is C7H12F3N. The molecule has 1 N–H and O–H groups in total. The second kappa shape index (κ2) is 3.43. The molecule has 0 saturated carbocycles. The highest BCUT2D eigenvalue weighted by atomic mass is 19.3. The number of alkyl halides is 3. The highest BCUT2D eigenvalue weighted by Crippen LogP contribution is 2.27. The number of piperidine rings is 1. The van der Waals surface area contributed by atoms with Crippen molar-refractivity contribution in [1.82, 2.24) is 5.32 Å². The highest BCUT2D eigenvalue weighted by molar-refractivity contribution is 4.86. The van der Waals surface area contributed by atoms with Crippen LogP contribution in [0.2, 0.25) is 0 Å². The van der Waals surface area contributed by atoms with Crippen molar-refractivity contribution in [3.63, 3.8) is 0 Å². The van der Waals surface area contributed by atoms with Gasteiger partial charge in [-0.15, -0.1) is 0 Å². The summed E-state index contributed by atoms with van der Waals surface area (Å²) >= 11 is 0. The second-order valence-electron chi connectivity index (χ2n) is 3.03. The zero-order valence-corrected chi connectivity index (χ0v) is 6.25. The van der Waals surface area contributed by atoms with Gasteiger partial charge in [-0.2, -0.15) is 0 Å². The third-order valence-electron chi connectivity index (χ3n) is 1.94. The first-order chi connectivity index (χ1) is 5.12. The molecule has 1 aliphatic rings. The van der Waals surface area contributed by atoms with E-state index in [-0.39, 0.29) is 13.0 Å². The average Bonchev–Trinajstić information content (AvgIpc) is 1.85. The Kier molecular flexibility index (Phi) is 2.76. The number of halogens is 3. The second-order valence-corrected chi connectivity index (χ2v) is 3.03. The molecular weight excluding hydrogens is 155 g/mol. The molecule has 1 atom stereocenters. The molecule has 0 aromatic carbocycles. The SMILES string of the molecule is FC(F)CC1(F)CCCNC1. The van der Waals surface area contributed by atoms with E-state index < -0.39 is 18.5 Å². The Morgan fingerprint density at radius 2 is 2.18 bits per heavy atom. The van der Waals surface area contributed by atoms with Crippen molar-refractivity contribution in [3.05, 3.63) is 0 Å². The van der Waals surface area contributed by atoms with Crippen LogP contribution < -0.4 is 5.32 Å². The molecule has 4 heteroatoms. The van der Waals surface area contributed by atoms with Gasteiger partial charge in [0, 0.05) is 13.0 Å². The molecule has 1 nitrogen and oxygen atoms in total. The largest absolute Gasteiger partial charge is 0.314 e. The molecule has 1 unspecified atom stereocenters. The maximum Gasteiger partial charge on any atom is 0.241 e. The minimum atomic E-state index is -2.53. The van der Waals surface area contributed by atoms with E-state index in [0.717, 1.165) is 6.54 Å². The summed E-state index contributed by atoms with van der Waals surface area (Å²) in [6.07, 6.45) is -2.23. The number of rotatable bonds is 2. The van der Waals surface area contributed by atoms with Gasteiger partial charge in [0.25, 0.3) is 0 Å². The Morgan fingerprint density at radius 3 is 2.64 bits per heavy atom. The topological polar surface area (TPSA) is 12.0 Å². The lowest BCUT2D eigenvalue weighted by Gasteiger charge is -2.29. The molecule has 0 bridgehead atoms. The van der Waals surface area contributed by atoms with E-state index in [9.17, 15) is 13.2 Å². The van der Waals surface area contributed by atoms with Crippen molar-refractivity contribution in [3.8, 4) is 0 Å². The van der Waals surface area contributed by atoms with Crippen LogP contribution >= 0.6 is 0 Å². The first-order valence-corrected chi connectivity index (χ1v) is 3.80. The van der Waals surface area contributed by atoms with Crippen molar-refractivity contribution >= 4 is 0 Å². The smallest absolute Gasteiger partial charge is 0.241 e. The molecule has 1 aliphatic heterocycles. The Hall–Kier alpha value is -0.250. The van der Waals surface area contributed by atoms with Crippen molar-refractivity contribution in [2.75, 3.05) is 13.1 Å². The van der Waals surface area contributed by atoms with Crippen molar-refractivity contribution in [2.24, 2.45) is 0 Å². The molecule has 11 heavy (non-hydrogen) atoms. The van der Waals surface area contributed by atoms with Crippen LogP contribution in [0.3, 0.4) is 0 Å². The lowest BCUT2D eigenvalue weighted by molar-refractivity contribution is 0.0272. The minimum absolute atomic E-state index is 0.0807. The number of hydrogen-bond donors (Lipinski definition) is 1. The first-order valence-electron chi connectivity index (χ1n) is 3.80. The molecule has 0 aromatic rings. The average molecular weight is 167 g/mol. The van der Waals surface area contributed by atoms with Crippen molar-refractivity contribution in [1.29, 1.82) is 0 Å². The predicted octanol–water partition coefficient (Wildman–Crippen LogP) is 1.73. The minimum Gasteiger partial charge on any atom is -0.314 e. The maximum atomic E-state index is 13.3. The van der Waals surface area contributed by atoms with E-state index in [0.29, 0.717) is 6.42 Å². The highest BCUT2D eigenvalue weighted by Gasteiger charge is 2.34. The molecule has 1 rings (SSSR count). The summed E-state index contributed by atoms with van der Waals surface area (Å²) in [4.78, 5) is 0. The summed E-state index contributed by atoms with van der Waals surface area (Å²) < 4.78 is 36.9. The Morgan fingerprint density at radius 1 is 1.45 bits per heavy atom. The van der Waals surface area contributed by atoms with Gasteiger partial charge in [-0.05, 0) is 19.4 Å². The summed E-state index contributed by atoms with van der Waals surface area (Å²) in [6, 6.07) is 0. The summed E-state index contributed by atoms with van der Waals surface area (Å²) in [5, 5.41) is 2.77. The summed E-state index contributed by atoms with van der Waals surface area (Å²) in [7, 11) is 0. The van der Waals surface area contributed by atoms with E-state index in [4.69, 9.17) is 0 Å². The first kappa shape index (κ1) is 8.84. The fourth-order valence-corrected chi connectivity index (χ4v) is 1.38. The van der Waals surface area contributed by atoms with Gasteiger partial charge in [0.15, 0.2) is 0 Å². The van der Waals surface area contributed by atoms with Crippen LogP contribution in [0.25, 0.3) is 0 Å². The monoisotopic (exact) mass is 167 g/mol. The fraction of sp³-hybridized carbons (Fsp3) is 1.00. The van der Waals surface area contributed by atoms with Crippen molar-refractivity contribution in [2.45, 2.75) is 31.4 Å². The molecule has 1 heterocycles. The number of nitrogens with one attached hydrogen (secondary N) is 1. The van der Waals surface area contributed by atoms with Crippen LogP contribution in [0.1, 0.15) is 19.3 Å². The lowest BCUT2D eigenvalue weighted by Crippen LogP contribution is -2.43. The Labute approximate surface area is 64.0 Å². The molecule has 66 valence electrons. The Bertz CT molecular complexity index is 121. The molecule has 1 saturated heterocycles. The van der Waals surface area contributed by atoms with Crippen LogP contribution in [0.15, 0.2) is 0 Å². The third-order valence-corrected chi connectivity index (χ3v) is 1.94. The van der Waals surface area contributed by atoms with E-state index in [1.807, 2.05) is 0 Å². The zero-order chi connectivity index (χ0) is 8.32. The zero-order valence-electron chi connectivity index (χ0n) is 6.25. The van der Waals surface area contributed by atoms with Crippen LogP contribution in [-0.4, -0.2) is 25.2 Å². The molecule has 1 fully saturated rings. The standard InChI is InChI=1S/C7H12F3N/c8-6(9)4-7(10)2-1-3-11-5-7/h6,11H,1-5H2. The normalized spacial score (nSPS) is 32.7. The van der Waals surface area contributed by atoms with Gasteiger partial charge in [-0.25, -0.2) is 13.2 Å². The summed E-state index contributed by atoms with van der Waals surface area (Å²) in [6.45, 7) is 0.826. The maximum absolute atomic E-state index is 13.3. The van der Waals surface area contributed by atoms with Gasteiger partial charge < -0.3 is 5.32 Å². The quantitative estimate of drug-likeness (QED) is 0.660. The molecule has 0 amide bonds. The van der Waals surface area contributed by atoms with Crippen LogP contribution in [0.4, 0.5) is 13.2 Å². The molecule has 0 aromatic heterocycles.